The van der Waals surface area contributed by atoms with Crippen LogP contribution in [0.25, 0.3) is 31.7 Å². The van der Waals surface area contributed by atoms with Gasteiger partial charge in [0.05, 0.1) is 15.7 Å². The summed E-state index contributed by atoms with van der Waals surface area (Å²) in [6.07, 6.45) is 1.86. The third kappa shape index (κ3) is 1.82. The largest absolute Gasteiger partial charge is 0.399 e. The molecule has 0 spiro atoms. The Morgan fingerprint density at radius 2 is 1.85 bits per heavy atom. The van der Waals surface area contributed by atoms with Crippen LogP contribution in [0.1, 0.15) is 0 Å². The Bertz CT molecular complexity index is 894. The minimum atomic E-state index is 0.734. The topological polar surface area (TPSA) is 51.8 Å². The van der Waals surface area contributed by atoms with Gasteiger partial charge in [-0.05, 0) is 30.3 Å². The van der Waals surface area contributed by atoms with E-state index in [1.54, 1.807) is 11.3 Å². The molecule has 0 aliphatic rings. The Balaban J connectivity index is 1.90. The first-order chi connectivity index (χ1) is 9.79. The van der Waals surface area contributed by atoms with E-state index in [0.717, 1.165) is 32.7 Å². The van der Waals surface area contributed by atoms with Crippen LogP contribution in [-0.4, -0.2) is 9.97 Å². The summed E-state index contributed by atoms with van der Waals surface area (Å²) in [5.74, 6) is 0. The van der Waals surface area contributed by atoms with E-state index in [1.807, 2.05) is 42.6 Å². The van der Waals surface area contributed by atoms with Crippen LogP contribution in [0.15, 0.2) is 54.7 Å². The van der Waals surface area contributed by atoms with Crippen LogP contribution in [-0.2, 0) is 0 Å². The van der Waals surface area contributed by atoms with Crippen LogP contribution in [0, 0.1) is 0 Å². The maximum Gasteiger partial charge on any atom is 0.126 e. The van der Waals surface area contributed by atoms with Gasteiger partial charge in [-0.25, -0.2) is 4.98 Å². The van der Waals surface area contributed by atoms with Gasteiger partial charge in [0.2, 0.25) is 0 Å². The molecule has 0 bridgehead atoms. The third-order valence-electron chi connectivity index (χ3n) is 3.25. The van der Waals surface area contributed by atoms with Crippen molar-refractivity contribution in [1.82, 2.24) is 9.97 Å². The zero-order valence-electron chi connectivity index (χ0n) is 10.6. The van der Waals surface area contributed by atoms with E-state index < -0.39 is 0 Å². The molecule has 4 rings (SSSR count). The quantitative estimate of drug-likeness (QED) is 0.533. The number of hydrogen-bond donors (Lipinski definition) is 1. The van der Waals surface area contributed by atoms with Crippen LogP contribution in [0.5, 0.6) is 0 Å². The van der Waals surface area contributed by atoms with E-state index >= 15 is 0 Å². The van der Waals surface area contributed by atoms with Gasteiger partial charge in [0, 0.05) is 22.8 Å². The average Bonchev–Trinajstić information content (AvgIpc) is 2.90. The molecule has 2 N–H and O–H groups in total. The molecule has 0 unspecified atom stereocenters. The standard InChI is InChI=1S/C16H11N3S/c17-12-6-5-10-7-11(9-18-14(10)8-12)16-19-13-3-1-2-4-15(13)20-16/h1-9H,17H2. The number of rotatable bonds is 1. The second kappa shape index (κ2) is 4.28. The zero-order chi connectivity index (χ0) is 13.5. The van der Waals surface area contributed by atoms with Gasteiger partial charge in [0.15, 0.2) is 0 Å². The number of aromatic nitrogens is 2. The molecule has 0 saturated carbocycles. The molecular formula is C16H11N3S. The van der Waals surface area contributed by atoms with Gasteiger partial charge in [-0.2, -0.15) is 0 Å². The van der Waals surface area contributed by atoms with Gasteiger partial charge in [-0.1, -0.05) is 18.2 Å². The van der Waals surface area contributed by atoms with Gasteiger partial charge in [-0.15, -0.1) is 11.3 Å². The number of thiazole rings is 1. The predicted octanol–water partition coefficient (Wildman–Crippen LogP) is 4.09. The Morgan fingerprint density at radius 3 is 2.75 bits per heavy atom. The molecule has 0 radical (unpaired) electrons. The number of hydrogen-bond acceptors (Lipinski definition) is 4. The lowest BCUT2D eigenvalue weighted by atomic mass is 10.1. The molecule has 20 heavy (non-hydrogen) atoms. The maximum atomic E-state index is 5.77. The molecule has 2 heterocycles. The molecule has 0 amide bonds. The van der Waals surface area contributed by atoms with Crippen LogP contribution < -0.4 is 5.73 Å². The van der Waals surface area contributed by atoms with E-state index in [4.69, 9.17) is 5.73 Å². The highest BCUT2D eigenvalue weighted by Gasteiger charge is 2.07. The van der Waals surface area contributed by atoms with Gasteiger partial charge < -0.3 is 5.73 Å². The highest BCUT2D eigenvalue weighted by Crippen LogP contribution is 2.31. The molecule has 4 aromatic rings. The first-order valence-electron chi connectivity index (χ1n) is 6.31. The highest BCUT2D eigenvalue weighted by atomic mass is 32.1. The van der Waals surface area contributed by atoms with Crippen molar-refractivity contribution in [3.8, 4) is 10.6 Å². The molecule has 0 aliphatic carbocycles. The number of nitrogen functional groups attached to an aromatic ring is 1. The first kappa shape index (κ1) is 11.4. The van der Waals surface area contributed by atoms with Crippen LogP contribution >= 0.6 is 11.3 Å². The van der Waals surface area contributed by atoms with Crippen molar-refractivity contribution in [2.45, 2.75) is 0 Å². The summed E-state index contributed by atoms with van der Waals surface area (Å²) in [5, 5.41) is 2.08. The molecule has 0 fully saturated rings. The number of fused-ring (bicyclic) bond motifs is 2. The van der Waals surface area contributed by atoms with Crippen molar-refractivity contribution >= 4 is 38.1 Å². The van der Waals surface area contributed by atoms with E-state index in [2.05, 4.69) is 22.1 Å². The average molecular weight is 277 g/mol. The number of benzene rings is 2. The lowest BCUT2D eigenvalue weighted by molar-refractivity contribution is 1.39. The predicted molar refractivity (Wildman–Crippen MR) is 84.8 cm³/mol. The maximum absolute atomic E-state index is 5.77. The van der Waals surface area contributed by atoms with Crippen molar-refractivity contribution in [2.75, 3.05) is 5.73 Å². The summed E-state index contributed by atoms with van der Waals surface area (Å²) in [6, 6.07) is 16.0. The summed E-state index contributed by atoms with van der Waals surface area (Å²) in [6.45, 7) is 0. The Labute approximate surface area is 119 Å². The minimum Gasteiger partial charge on any atom is -0.399 e. The number of pyridine rings is 1. The fourth-order valence-electron chi connectivity index (χ4n) is 2.25. The monoisotopic (exact) mass is 277 g/mol. The van der Waals surface area contributed by atoms with E-state index in [0.29, 0.717) is 0 Å². The second-order valence-electron chi connectivity index (χ2n) is 4.66. The van der Waals surface area contributed by atoms with Crippen molar-refractivity contribution in [3.63, 3.8) is 0 Å². The van der Waals surface area contributed by atoms with E-state index in [9.17, 15) is 0 Å². The van der Waals surface area contributed by atoms with Crippen molar-refractivity contribution < 1.29 is 0 Å². The molecule has 2 aromatic carbocycles. The van der Waals surface area contributed by atoms with Crippen LogP contribution in [0.3, 0.4) is 0 Å². The zero-order valence-corrected chi connectivity index (χ0v) is 11.4. The number of para-hydroxylation sites is 1. The third-order valence-corrected chi connectivity index (χ3v) is 4.33. The Morgan fingerprint density at radius 1 is 0.950 bits per heavy atom. The van der Waals surface area contributed by atoms with Gasteiger partial charge >= 0.3 is 0 Å². The van der Waals surface area contributed by atoms with E-state index in [-0.39, 0.29) is 0 Å². The summed E-state index contributed by atoms with van der Waals surface area (Å²) in [4.78, 5) is 9.14. The fraction of sp³-hybridized carbons (Fsp3) is 0. The van der Waals surface area contributed by atoms with Crippen molar-refractivity contribution in [2.24, 2.45) is 0 Å². The second-order valence-corrected chi connectivity index (χ2v) is 5.69. The highest BCUT2D eigenvalue weighted by molar-refractivity contribution is 7.21. The molecule has 0 atom stereocenters. The number of nitrogens with two attached hydrogens (primary N) is 1. The fourth-order valence-corrected chi connectivity index (χ4v) is 3.20. The SMILES string of the molecule is Nc1ccc2cc(-c3nc4ccccc4s3)cnc2c1. The number of nitrogens with zero attached hydrogens (tertiary/aromatic N) is 2. The van der Waals surface area contributed by atoms with Gasteiger partial charge in [-0.3, -0.25) is 4.98 Å². The van der Waals surface area contributed by atoms with Gasteiger partial charge in [0.25, 0.3) is 0 Å². The normalized spacial score (nSPS) is 11.2. The van der Waals surface area contributed by atoms with Crippen molar-refractivity contribution in [1.29, 1.82) is 0 Å². The molecule has 0 saturated heterocycles. The van der Waals surface area contributed by atoms with Gasteiger partial charge in [0.1, 0.15) is 5.01 Å². The Kier molecular flexibility index (Phi) is 2.44. The molecule has 2 aromatic heterocycles. The lowest BCUT2D eigenvalue weighted by Crippen LogP contribution is -1.86. The van der Waals surface area contributed by atoms with Crippen LogP contribution in [0.4, 0.5) is 5.69 Å². The van der Waals surface area contributed by atoms with E-state index in [1.165, 1.54) is 4.70 Å². The summed E-state index contributed by atoms with van der Waals surface area (Å²) in [7, 11) is 0. The summed E-state index contributed by atoms with van der Waals surface area (Å²) >= 11 is 1.69. The Hall–Kier alpha value is -2.46. The smallest absolute Gasteiger partial charge is 0.126 e. The minimum absolute atomic E-state index is 0.734. The number of anilines is 1. The molecule has 0 aliphatic heterocycles. The summed E-state index contributed by atoms with van der Waals surface area (Å²) in [5.41, 5.74) is 9.50. The van der Waals surface area contributed by atoms with Crippen LogP contribution in [0.2, 0.25) is 0 Å². The van der Waals surface area contributed by atoms with Crippen molar-refractivity contribution in [3.05, 3.63) is 54.7 Å². The molecular weight excluding hydrogens is 266 g/mol. The molecule has 96 valence electrons. The first-order valence-corrected chi connectivity index (χ1v) is 7.12. The molecule has 3 nitrogen and oxygen atoms in total. The lowest BCUT2D eigenvalue weighted by Gasteiger charge is -2.01. The molecule has 4 heteroatoms. The summed E-state index contributed by atoms with van der Waals surface area (Å²) < 4.78 is 1.19.